The molecule has 0 N–H and O–H groups in total. The number of halogens is 3. The Hall–Kier alpha value is -2.68. The second-order valence-electron chi connectivity index (χ2n) is 6.89. The number of rotatable bonds is 5. The minimum atomic E-state index is -0.910. The van der Waals surface area contributed by atoms with E-state index in [-0.39, 0.29) is 60.2 Å². The summed E-state index contributed by atoms with van der Waals surface area (Å²) in [4.78, 5) is 39.5. The van der Waals surface area contributed by atoms with Crippen LogP contribution in [0.4, 0.5) is 14.5 Å². The summed E-state index contributed by atoms with van der Waals surface area (Å²) in [6, 6.07) is 0.945. The SMILES string of the molecule is CCOC(=O)c1cn(CCCl)c2c(F)c(N3CCN(C(C)=O)CC3)c(F)cc2c1=O. The number of esters is 1. The maximum absolute atomic E-state index is 15.5. The van der Waals surface area contributed by atoms with E-state index in [1.54, 1.807) is 11.8 Å². The van der Waals surface area contributed by atoms with Crippen LogP contribution in [0.25, 0.3) is 10.9 Å². The third-order valence-corrected chi connectivity index (χ3v) is 5.26. The smallest absolute Gasteiger partial charge is 0.343 e. The zero-order valence-corrected chi connectivity index (χ0v) is 17.5. The van der Waals surface area contributed by atoms with Gasteiger partial charge in [-0.05, 0) is 13.0 Å². The normalized spacial score (nSPS) is 14.3. The molecule has 3 rings (SSSR count). The van der Waals surface area contributed by atoms with Crippen LogP contribution in [0.2, 0.25) is 0 Å². The first kappa shape index (κ1) is 22.0. The molecule has 1 aromatic carbocycles. The molecule has 10 heteroatoms. The van der Waals surface area contributed by atoms with Crippen LogP contribution >= 0.6 is 11.6 Å². The number of pyridine rings is 1. The van der Waals surface area contributed by atoms with Crippen LogP contribution in [-0.2, 0) is 16.1 Å². The van der Waals surface area contributed by atoms with Gasteiger partial charge < -0.3 is 19.1 Å². The Morgan fingerprint density at radius 2 is 1.87 bits per heavy atom. The molecule has 1 amide bonds. The molecule has 1 aromatic heterocycles. The number of anilines is 1. The highest BCUT2D eigenvalue weighted by molar-refractivity contribution is 6.17. The van der Waals surface area contributed by atoms with E-state index in [4.69, 9.17) is 16.3 Å². The fourth-order valence-electron chi connectivity index (χ4n) is 3.63. The van der Waals surface area contributed by atoms with Gasteiger partial charge in [0.15, 0.2) is 5.82 Å². The van der Waals surface area contributed by atoms with Crippen LogP contribution in [-0.4, -0.2) is 60.0 Å². The second kappa shape index (κ2) is 8.99. The summed E-state index contributed by atoms with van der Waals surface area (Å²) in [6.07, 6.45) is 1.20. The number of aromatic nitrogens is 1. The Morgan fingerprint density at radius 3 is 2.43 bits per heavy atom. The molecule has 0 aliphatic carbocycles. The molecule has 2 aromatic rings. The van der Waals surface area contributed by atoms with Crippen molar-refractivity contribution in [2.24, 2.45) is 0 Å². The van der Waals surface area contributed by atoms with Crippen molar-refractivity contribution in [1.82, 2.24) is 9.47 Å². The summed E-state index contributed by atoms with van der Waals surface area (Å²) < 4.78 is 36.7. The molecule has 1 aliphatic heterocycles. The van der Waals surface area contributed by atoms with Gasteiger partial charge in [0.2, 0.25) is 11.3 Å². The lowest BCUT2D eigenvalue weighted by atomic mass is 10.1. The molecule has 0 radical (unpaired) electrons. The van der Waals surface area contributed by atoms with Crippen LogP contribution < -0.4 is 10.3 Å². The maximum atomic E-state index is 15.5. The fraction of sp³-hybridized carbons (Fsp3) is 0.450. The molecular weight excluding hydrogens is 420 g/mol. The highest BCUT2D eigenvalue weighted by atomic mass is 35.5. The molecule has 0 unspecified atom stereocenters. The van der Waals surface area contributed by atoms with E-state index in [2.05, 4.69) is 0 Å². The molecular formula is C20H22ClF2N3O4. The fourth-order valence-corrected chi connectivity index (χ4v) is 3.82. The zero-order valence-electron chi connectivity index (χ0n) is 16.7. The molecule has 162 valence electrons. The molecule has 0 atom stereocenters. The van der Waals surface area contributed by atoms with Gasteiger partial charge in [-0.1, -0.05) is 0 Å². The number of piperazine rings is 1. The van der Waals surface area contributed by atoms with Gasteiger partial charge in [-0.3, -0.25) is 9.59 Å². The first-order chi connectivity index (χ1) is 14.3. The first-order valence-corrected chi connectivity index (χ1v) is 10.1. The monoisotopic (exact) mass is 441 g/mol. The van der Waals surface area contributed by atoms with Gasteiger partial charge in [0, 0.05) is 51.7 Å². The van der Waals surface area contributed by atoms with Crippen LogP contribution in [0.1, 0.15) is 24.2 Å². The van der Waals surface area contributed by atoms with Crippen molar-refractivity contribution in [3.05, 3.63) is 39.7 Å². The summed E-state index contributed by atoms with van der Waals surface area (Å²) in [5.41, 5.74) is -1.51. The van der Waals surface area contributed by atoms with Crippen molar-refractivity contribution < 1.29 is 23.1 Å². The Labute approximate surface area is 176 Å². The number of nitrogens with zero attached hydrogens (tertiary/aromatic N) is 3. The third-order valence-electron chi connectivity index (χ3n) is 5.09. The number of amides is 1. The molecule has 0 saturated carbocycles. The van der Waals surface area contributed by atoms with Gasteiger partial charge in [-0.2, -0.15) is 0 Å². The summed E-state index contributed by atoms with van der Waals surface area (Å²) in [5.74, 6) is -2.69. The highest BCUT2D eigenvalue weighted by Crippen LogP contribution is 2.31. The van der Waals surface area contributed by atoms with Gasteiger partial charge in [-0.25, -0.2) is 13.6 Å². The molecule has 1 saturated heterocycles. The summed E-state index contributed by atoms with van der Waals surface area (Å²) in [5, 5.41) is -0.258. The Bertz CT molecular complexity index is 1050. The summed E-state index contributed by atoms with van der Waals surface area (Å²) in [7, 11) is 0. The average molecular weight is 442 g/mol. The number of benzene rings is 1. The standard InChI is InChI=1S/C20H22ClF2N3O4/c1-3-30-20(29)14-11-26(5-4-21)17-13(19(14)28)10-15(22)18(16(17)23)25-8-6-24(7-9-25)12(2)27/h10-11H,3-9H2,1-2H3. The van der Waals surface area contributed by atoms with Crippen molar-refractivity contribution >= 4 is 40.1 Å². The third kappa shape index (κ3) is 3.98. The van der Waals surface area contributed by atoms with E-state index >= 15 is 4.39 Å². The predicted octanol–water partition coefficient (Wildman–Crippen LogP) is 2.36. The molecule has 0 spiro atoms. The van der Waals surface area contributed by atoms with Crippen molar-refractivity contribution in [2.45, 2.75) is 20.4 Å². The van der Waals surface area contributed by atoms with Crippen LogP contribution in [0, 0.1) is 11.6 Å². The quantitative estimate of drug-likeness (QED) is 0.526. The number of carbonyl (C=O) groups is 2. The molecule has 0 bridgehead atoms. The van der Waals surface area contributed by atoms with E-state index in [1.165, 1.54) is 22.6 Å². The molecule has 7 nitrogen and oxygen atoms in total. The van der Waals surface area contributed by atoms with Crippen LogP contribution in [0.5, 0.6) is 0 Å². The number of ether oxygens (including phenoxy) is 1. The van der Waals surface area contributed by atoms with Crippen molar-refractivity contribution in [1.29, 1.82) is 0 Å². The molecule has 1 fully saturated rings. The van der Waals surface area contributed by atoms with E-state index < -0.39 is 23.0 Å². The molecule has 1 aliphatic rings. The largest absolute Gasteiger partial charge is 0.462 e. The second-order valence-corrected chi connectivity index (χ2v) is 7.26. The lowest BCUT2D eigenvalue weighted by Gasteiger charge is -2.36. The minimum Gasteiger partial charge on any atom is -0.462 e. The molecule has 2 heterocycles. The number of hydrogen-bond donors (Lipinski definition) is 0. The van der Waals surface area contributed by atoms with E-state index in [0.29, 0.717) is 13.1 Å². The van der Waals surface area contributed by atoms with Crippen molar-refractivity contribution in [3.63, 3.8) is 0 Å². The Kier molecular flexibility index (Phi) is 6.60. The van der Waals surface area contributed by atoms with Crippen LogP contribution in [0.15, 0.2) is 17.1 Å². The average Bonchev–Trinajstić information content (AvgIpc) is 2.70. The lowest BCUT2D eigenvalue weighted by Crippen LogP contribution is -2.48. The number of carbonyl (C=O) groups excluding carboxylic acids is 2. The molecule has 30 heavy (non-hydrogen) atoms. The van der Waals surface area contributed by atoms with Crippen molar-refractivity contribution in [2.75, 3.05) is 43.6 Å². The van der Waals surface area contributed by atoms with E-state index in [0.717, 1.165) is 6.07 Å². The van der Waals surface area contributed by atoms with E-state index in [1.807, 2.05) is 0 Å². The first-order valence-electron chi connectivity index (χ1n) is 9.58. The number of hydrogen-bond acceptors (Lipinski definition) is 5. The Balaban J connectivity index is 2.16. The highest BCUT2D eigenvalue weighted by Gasteiger charge is 2.28. The van der Waals surface area contributed by atoms with Crippen molar-refractivity contribution in [3.8, 4) is 0 Å². The number of aryl methyl sites for hydroxylation is 1. The lowest BCUT2D eigenvalue weighted by molar-refractivity contribution is -0.129. The maximum Gasteiger partial charge on any atom is 0.343 e. The summed E-state index contributed by atoms with van der Waals surface area (Å²) >= 11 is 5.83. The predicted molar refractivity (Wildman–Crippen MR) is 109 cm³/mol. The number of fused-ring (bicyclic) bond motifs is 1. The summed E-state index contributed by atoms with van der Waals surface area (Å²) in [6.45, 7) is 4.36. The van der Waals surface area contributed by atoms with Crippen LogP contribution in [0.3, 0.4) is 0 Å². The van der Waals surface area contributed by atoms with Gasteiger partial charge in [0.05, 0.1) is 17.5 Å². The topological polar surface area (TPSA) is 71.8 Å². The van der Waals surface area contributed by atoms with Gasteiger partial charge >= 0.3 is 5.97 Å². The zero-order chi connectivity index (χ0) is 22.0. The van der Waals surface area contributed by atoms with Gasteiger partial charge in [0.1, 0.15) is 17.1 Å². The number of alkyl halides is 1. The van der Waals surface area contributed by atoms with E-state index in [9.17, 15) is 18.8 Å². The Morgan fingerprint density at radius 1 is 1.20 bits per heavy atom. The van der Waals surface area contributed by atoms with Gasteiger partial charge in [0.25, 0.3) is 0 Å². The van der Waals surface area contributed by atoms with Gasteiger partial charge in [-0.15, -0.1) is 11.6 Å². The minimum absolute atomic E-state index is 0.0553.